The van der Waals surface area contributed by atoms with E-state index in [4.69, 9.17) is 0 Å². The minimum atomic E-state index is -3.63. The van der Waals surface area contributed by atoms with E-state index in [1.807, 2.05) is 24.3 Å². The molecule has 0 aromatic heterocycles. The first-order chi connectivity index (χ1) is 12.7. The second-order valence-electron chi connectivity index (χ2n) is 6.63. The van der Waals surface area contributed by atoms with Crippen LogP contribution in [0.5, 0.6) is 0 Å². The van der Waals surface area contributed by atoms with Crippen molar-refractivity contribution in [2.45, 2.75) is 32.7 Å². The highest BCUT2D eigenvalue weighted by atomic mass is 32.2. The summed E-state index contributed by atoms with van der Waals surface area (Å²) in [6.45, 7) is 5.76. The van der Waals surface area contributed by atoms with E-state index < -0.39 is 22.0 Å². The number of anilines is 1. The van der Waals surface area contributed by atoms with Gasteiger partial charge in [-0.05, 0) is 36.1 Å². The van der Waals surface area contributed by atoms with Gasteiger partial charge in [0.25, 0.3) is 5.91 Å². The highest BCUT2D eigenvalue weighted by Gasteiger charge is 2.28. The molecule has 1 amide bonds. The van der Waals surface area contributed by atoms with E-state index in [9.17, 15) is 13.2 Å². The van der Waals surface area contributed by atoms with E-state index in [1.54, 1.807) is 30.3 Å². The molecule has 6 nitrogen and oxygen atoms in total. The van der Waals surface area contributed by atoms with Crippen LogP contribution in [0.4, 0.5) is 5.69 Å². The summed E-state index contributed by atoms with van der Waals surface area (Å²) in [7, 11) is -3.63. The number of hydrazone groups is 1. The fourth-order valence-corrected chi connectivity index (χ4v) is 3.79. The molecule has 0 fully saturated rings. The summed E-state index contributed by atoms with van der Waals surface area (Å²) in [5.41, 5.74) is 4.90. The Morgan fingerprint density at radius 1 is 1.04 bits per heavy atom. The molecule has 7 heteroatoms. The molecule has 0 spiro atoms. The van der Waals surface area contributed by atoms with Crippen LogP contribution in [0, 0.1) is 0 Å². The zero-order valence-electron chi connectivity index (χ0n) is 16.0. The van der Waals surface area contributed by atoms with E-state index in [-0.39, 0.29) is 0 Å². The van der Waals surface area contributed by atoms with Crippen LogP contribution in [0.2, 0.25) is 0 Å². The van der Waals surface area contributed by atoms with E-state index in [1.165, 1.54) is 18.7 Å². The molecule has 0 bridgehead atoms. The van der Waals surface area contributed by atoms with Crippen LogP contribution in [-0.2, 0) is 14.8 Å². The first-order valence-corrected chi connectivity index (χ1v) is 10.5. The molecule has 0 aliphatic carbocycles. The lowest BCUT2D eigenvalue weighted by atomic mass is 10.0. The highest BCUT2D eigenvalue weighted by molar-refractivity contribution is 7.92. The number of rotatable bonds is 7. The number of carbonyl (C=O) groups is 1. The third-order valence-corrected chi connectivity index (χ3v) is 5.33. The van der Waals surface area contributed by atoms with Crippen LogP contribution in [0.1, 0.15) is 37.8 Å². The minimum Gasteiger partial charge on any atom is -0.271 e. The smallest absolute Gasteiger partial charge is 0.263 e. The van der Waals surface area contributed by atoms with Gasteiger partial charge < -0.3 is 0 Å². The molecule has 0 aliphatic heterocycles. The number of carbonyl (C=O) groups excluding carboxylic acids is 1. The zero-order valence-corrected chi connectivity index (χ0v) is 16.8. The van der Waals surface area contributed by atoms with Gasteiger partial charge >= 0.3 is 0 Å². The van der Waals surface area contributed by atoms with Crippen molar-refractivity contribution in [3.8, 4) is 0 Å². The van der Waals surface area contributed by atoms with Crippen LogP contribution < -0.4 is 9.73 Å². The second kappa shape index (κ2) is 8.81. The molecular weight excluding hydrogens is 362 g/mol. The van der Waals surface area contributed by atoms with Gasteiger partial charge in [0, 0.05) is 0 Å². The predicted octanol–water partition coefficient (Wildman–Crippen LogP) is 3.11. The second-order valence-corrected chi connectivity index (χ2v) is 8.49. The minimum absolute atomic E-state index is 0.427. The Morgan fingerprint density at radius 2 is 1.63 bits per heavy atom. The number of sulfonamides is 1. The number of hydrogen-bond donors (Lipinski definition) is 1. The van der Waals surface area contributed by atoms with Crippen molar-refractivity contribution < 1.29 is 13.2 Å². The number of amides is 1. The van der Waals surface area contributed by atoms with Crippen molar-refractivity contribution in [1.82, 2.24) is 5.43 Å². The molecule has 0 radical (unpaired) electrons. The molecule has 0 heterocycles. The molecule has 1 N–H and O–H groups in total. The zero-order chi connectivity index (χ0) is 20.0. The topological polar surface area (TPSA) is 78.8 Å². The van der Waals surface area contributed by atoms with Crippen molar-refractivity contribution >= 4 is 27.8 Å². The molecule has 144 valence electrons. The maximum absolute atomic E-state index is 12.4. The summed E-state index contributed by atoms with van der Waals surface area (Å²) in [4.78, 5) is 12.4. The SMILES string of the molecule is CC(C)c1ccc(/C=N\NC(=O)[C@@H](C)N(c2ccccc2)S(C)(=O)=O)cc1. The molecule has 2 aromatic rings. The van der Waals surface area contributed by atoms with Gasteiger partial charge in [-0.25, -0.2) is 13.8 Å². The summed E-state index contributed by atoms with van der Waals surface area (Å²) in [6.07, 6.45) is 2.60. The lowest BCUT2D eigenvalue weighted by Crippen LogP contribution is -2.46. The average molecular weight is 388 g/mol. The summed E-state index contributed by atoms with van der Waals surface area (Å²) in [6, 6.07) is 15.4. The Morgan fingerprint density at radius 3 is 2.15 bits per heavy atom. The average Bonchev–Trinajstić information content (AvgIpc) is 2.61. The molecule has 0 saturated carbocycles. The van der Waals surface area contributed by atoms with E-state index in [2.05, 4.69) is 24.4 Å². The molecule has 27 heavy (non-hydrogen) atoms. The standard InChI is InChI=1S/C20H25N3O3S/c1-15(2)18-12-10-17(11-13-18)14-21-22-20(24)16(3)23(27(4,25)26)19-8-6-5-7-9-19/h5-16H,1-4H3,(H,22,24)/b21-14-/t16-/m1/s1. The van der Waals surface area contributed by atoms with Crippen molar-refractivity contribution in [1.29, 1.82) is 0 Å². The van der Waals surface area contributed by atoms with Crippen LogP contribution in [-0.4, -0.2) is 32.8 Å². The van der Waals surface area contributed by atoms with E-state index in [0.29, 0.717) is 11.6 Å². The normalized spacial score (nSPS) is 12.9. The van der Waals surface area contributed by atoms with Gasteiger partial charge in [0.05, 0.1) is 18.2 Å². The quantitative estimate of drug-likeness (QED) is 0.586. The van der Waals surface area contributed by atoms with Gasteiger partial charge in [-0.1, -0.05) is 56.3 Å². The van der Waals surface area contributed by atoms with Gasteiger partial charge in [-0.15, -0.1) is 0 Å². The molecule has 0 aliphatic rings. The largest absolute Gasteiger partial charge is 0.271 e. The molecule has 0 saturated heterocycles. The highest BCUT2D eigenvalue weighted by Crippen LogP contribution is 2.20. The lowest BCUT2D eigenvalue weighted by Gasteiger charge is -2.27. The Hall–Kier alpha value is -2.67. The van der Waals surface area contributed by atoms with Gasteiger partial charge in [0.2, 0.25) is 10.0 Å². The van der Waals surface area contributed by atoms with Crippen molar-refractivity contribution in [3.63, 3.8) is 0 Å². The van der Waals surface area contributed by atoms with Gasteiger partial charge in [-0.3, -0.25) is 9.10 Å². The lowest BCUT2D eigenvalue weighted by molar-refractivity contribution is -0.121. The van der Waals surface area contributed by atoms with Gasteiger partial charge in [0.1, 0.15) is 6.04 Å². The maximum atomic E-state index is 12.4. The monoisotopic (exact) mass is 387 g/mol. The van der Waals surface area contributed by atoms with Crippen molar-refractivity contribution in [2.24, 2.45) is 5.10 Å². The van der Waals surface area contributed by atoms with Gasteiger partial charge in [-0.2, -0.15) is 5.10 Å². The number of nitrogens with one attached hydrogen (secondary N) is 1. The van der Waals surface area contributed by atoms with Crippen LogP contribution in [0.3, 0.4) is 0 Å². The molecule has 0 unspecified atom stereocenters. The maximum Gasteiger partial charge on any atom is 0.263 e. The number of hydrogen-bond acceptors (Lipinski definition) is 4. The Labute approximate surface area is 161 Å². The predicted molar refractivity (Wildman–Crippen MR) is 109 cm³/mol. The third kappa shape index (κ3) is 5.65. The fourth-order valence-electron chi connectivity index (χ4n) is 2.61. The summed E-state index contributed by atoms with van der Waals surface area (Å²) < 4.78 is 25.4. The number of nitrogens with zero attached hydrogens (tertiary/aromatic N) is 2. The number of para-hydroxylation sites is 1. The summed E-state index contributed by atoms with van der Waals surface area (Å²) in [5, 5.41) is 3.95. The van der Waals surface area contributed by atoms with Crippen molar-refractivity contribution in [3.05, 3.63) is 65.7 Å². The van der Waals surface area contributed by atoms with Crippen LogP contribution in [0.15, 0.2) is 59.7 Å². The first-order valence-electron chi connectivity index (χ1n) is 8.67. The van der Waals surface area contributed by atoms with Crippen LogP contribution in [0.25, 0.3) is 0 Å². The molecule has 1 atom stereocenters. The molecular formula is C20H25N3O3S. The van der Waals surface area contributed by atoms with E-state index in [0.717, 1.165) is 16.1 Å². The molecule has 2 rings (SSSR count). The molecule has 2 aromatic carbocycles. The van der Waals surface area contributed by atoms with E-state index >= 15 is 0 Å². The van der Waals surface area contributed by atoms with Gasteiger partial charge in [0.15, 0.2) is 0 Å². The Balaban J connectivity index is 2.09. The summed E-state index contributed by atoms with van der Waals surface area (Å²) in [5.74, 6) is -0.0733. The van der Waals surface area contributed by atoms with Crippen molar-refractivity contribution in [2.75, 3.05) is 10.6 Å². The fraction of sp³-hybridized carbons (Fsp3) is 0.300. The number of benzene rings is 2. The third-order valence-electron chi connectivity index (χ3n) is 4.09. The Kier molecular flexibility index (Phi) is 6.74. The Bertz CT molecular complexity index is 892. The van der Waals surface area contributed by atoms with Crippen LogP contribution >= 0.6 is 0 Å². The summed E-state index contributed by atoms with van der Waals surface area (Å²) >= 11 is 0. The first kappa shape index (κ1) is 20.6.